The number of furan rings is 1. The molecule has 0 radical (unpaired) electrons. The maximum atomic E-state index is 13.0. The van der Waals surface area contributed by atoms with E-state index in [1.807, 2.05) is 50.4 Å². The molecule has 0 spiro atoms. The van der Waals surface area contributed by atoms with Crippen LogP contribution in [0.2, 0.25) is 0 Å². The first-order chi connectivity index (χ1) is 16.9. The van der Waals surface area contributed by atoms with Crippen LogP contribution in [0.15, 0.2) is 59.0 Å². The van der Waals surface area contributed by atoms with Gasteiger partial charge >= 0.3 is 7.12 Å². The Hall–Kier alpha value is -3.55. The molecule has 6 rings (SSSR count). The normalized spacial score (nSPS) is 14.9. The average Bonchev–Trinajstić information content (AvgIpc) is 3.56. The summed E-state index contributed by atoms with van der Waals surface area (Å²) in [6, 6.07) is 18.3. The monoisotopic (exact) mass is 466 g/mol. The van der Waals surface area contributed by atoms with Crippen molar-refractivity contribution in [3.05, 3.63) is 76.9 Å². The van der Waals surface area contributed by atoms with Crippen molar-refractivity contribution in [3.8, 4) is 11.3 Å². The molecule has 7 heteroatoms. The number of hydrogen-bond acceptors (Lipinski definition) is 5. The van der Waals surface area contributed by atoms with E-state index in [1.165, 1.54) is 5.56 Å². The molecule has 2 heterocycles. The van der Waals surface area contributed by atoms with Gasteiger partial charge in [-0.25, -0.2) is 0 Å². The molecule has 1 aliphatic carbocycles. The number of amides is 1. The molecular weight excluding hydrogens is 439 g/mol. The second-order valence-corrected chi connectivity index (χ2v) is 9.54. The Morgan fingerprint density at radius 3 is 2.60 bits per heavy atom. The number of benzene rings is 3. The number of nitrogens with zero attached hydrogens (tertiary/aromatic N) is 1. The second-order valence-electron chi connectivity index (χ2n) is 9.54. The highest BCUT2D eigenvalue weighted by Gasteiger charge is 2.32. The summed E-state index contributed by atoms with van der Waals surface area (Å²) in [6.07, 6.45) is 2.27. The van der Waals surface area contributed by atoms with Crippen LogP contribution in [0.25, 0.3) is 22.3 Å². The Morgan fingerprint density at radius 2 is 1.89 bits per heavy atom. The zero-order valence-electron chi connectivity index (χ0n) is 20.1. The summed E-state index contributed by atoms with van der Waals surface area (Å²) in [6.45, 7) is 2.44. The van der Waals surface area contributed by atoms with Gasteiger partial charge in [0.2, 0.25) is 0 Å². The fraction of sp³-hybridized carbons (Fsp3) is 0.250. The molecule has 1 saturated carbocycles. The van der Waals surface area contributed by atoms with Gasteiger partial charge in [0.25, 0.3) is 5.91 Å². The topological polar surface area (TPSA) is 74.9 Å². The molecule has 2 N–H and O–H groups in total. The van der Waals surface area contributed by atoms with Crippen LogP contribution in [-0.4, -0.2) is 32.1 Å². The molecule has 1 aromatic heterocycles. The molecule has 0 saturated heterocycles. The van der Waals surface area contributed by atoms with Crippen molar-refractivity contribution < 1.29 is 18.9 Å². The summed E-state index contributed by atoms with van der Waals surface area (Å²) in [5.74, 6) is 0.899. The highest BCUT2D eigenvalue weighted by atomic mass is 16.5. The summed E-state index contributed by atoms with van der Waals surface area (Å²) < 4.78 is 11.8. The fourth-order valence-electron chi connectivity index (χ4n) is 4.98. The maximum absolute atomic E-state index is 13.0. The minimum absolute atomic E-state index is 0.153. The van der Waals surface area contributed by atoms with Crippen molar-refractivity contribution in [1.29, 1.82) is 0 Å². The number of carbonyl (C=O) groups is 1. The zero-order valence-corrected chi connectivity index (χ0v) is 20.1. The third kappa shape index (κ3) is 3.72. The van der Waals surface area contributed by atoms with Gasteiger partial charge in [0.15, 0.2) is 0 Å². The fourth-order valence-corrected chi connectivity index (χ4v) is 4.98. The van der Waals surface area contributed by atoms with E-state index in [4.69, 9.17) is 9.07 Å². The van der Waals surface area contributed by atoms with Crippen molar-refractivity contribution in [3.63, 3.8) is 0 Å². The lowest BCUT2D eigenvalue weighted by atomic mass is 9.79. The molecule has 4 aromatic rings. The predicted octanol–water partition coefficient (Wildman–Crippen LogP) is 4.63. The highest BCUT2D eigenvalue weighted by Crippen LogP contribution is 2.48. The van der Waals surface area contributed by atoms with E-state index in [0.29, 0.717) is 29.4 Å². The van der Waals surface area contributed by atoms with Gasteiger partial charge in [-0.2, -0.15) is 0 Å². The molecular formula is C28H27BN2O4. The molecule has 0 atom stereocenters. The minimum Gasteiger partial charge on any atom is -0.455 e. The molecule has 6 nitrogen and oxygen atoms in total. The second kappa shape index (κ2) is 8.29. The number of nitrogens with one attached hydrogen (secondary N) is 1. The van der Waals surface area contributed by atoms with E-state index >= 15 is 0 Å². The molecule has 176 valence electrons. The van der Waals surface area contributed by atoms with E-state index in [0.717, 1.165) is 51.8 Å². The van der Waals surface area contributed by atoms with Crippen molar-refractivity contribution in [1.82, 2.24) is 5.32 Å². The summed E-state index contributed by atoms with van der Waals surface area (Å²) >= 11 is 0. The number of aryl methyl sites for hydroxylation is 1. The van der Waals surface area contributed by atoms with Crippen molar-refractivity contribution in [2.75, 3.05) is 19.0 Å². The van der Waals surface area contributed by atoms with Crippen molar-refractivity contribution >= 4 is 40.8 Å². The van der Waals surface area contributed by atoms with Crippen LogP contribution in [0, 0.1) is 6.92 Å². The third-order valence-corrected chi connectivity index (χ3v) is 7.16. The highest BCUT2D eigenvalue weighted by molar-refractivity contribution is 6.61. The van der Waals surface area contributed by atoms with E-state index in [9.17, 15) is 9.82 Å². The third-order valence-electron chi connectivity index (χ3n) is 7.16. The summed E-state index contributed by atoms with van der Waals surface area (Å²) in [5, 5.41) is 13.6. The zero-order chi connectivity index (χ0) is 24.3. The van der Waals surface area contributed by atoms with Gasteiger partial charge in [0.1, 0.15) is 11.3 Å². The Bertz CT molecular complexity index is 1460. The van der Waals surface area contributed by atoms with Gasteiger partial charge in [-0.3, -0.25) is 4.79 Å². The van der Waals surface area contributed by atoms with Gasteiger partial charge in [-0.05, 0) is 60.5 Å². The van der Waals surface area contributed by atoms with Gasteiger partial charge in [0.05, 0.1) is 12.2 Å². The molecule has 3 aromatic carbocycles. The summed E-state index contributed by atoms with van der Waals surface area (Å²) in [7, 11) is 2.84. The van der Waals surface area contributed by atoms with Crippen LogP contribution in [0.4, 0.5) is 11.4 Å². The standard InChI is InChI=1S/C28H27BN2O4/c1-16-4-6-18(7-5-16)27-26(28(32)30-2)22-13-21(17-8-9-17)24(14-25(22)35-27)31(3)20-10-11-23-19(12-20)15-34-29(23)33/h4-7,10-14,17,33H,8-9,15H2,1-3H3,(H,30,32). The van der Waals surface area contributed by atoms with Crippen LogP contribution in [0.1, 0.15) is 45.8 Å². The minimum atomic E-state index is -0.853. The van der Waals surface area contributed by atoms with Crippen LogP contribution < -0.4 is 15.7 Å². The van der Waals surface area contributed by atoms with Crippen molar-refractivity contribution in [2.45, 2.75) is 32.3 Å². The van der Waals surface area contributed by atoms with Crippen molar-refractivity contribution in [2.24, 2.45) is 0 Å². The van der Waals surface area contributed by atoms with Gasteiger partial charge < -0.3 is 24.3 Å². The summed E-state index contributed by atoms with van der Waals surface area (Å²) in [4.78, 5) is 15.2. The van der Waals surface area contributed by atoms with Gasteiger partial charge in [-0.15, -0.1) is 0 Å². The Balaban J connectivity index is 1.51. The van der Waals surface area contributed by atoms with Crippen LogP contribution in [0.3, 0.4) is 0 Å². The van der Waals surface area contributed by atoms with Crippen LogP contribution in [-0.2, 0) is 11.3 Å². The van der Waals surface area contributed by atoms with E-state index < -0.39 is 7.12 Å². The molecule has 0 bridgehead atoms. The number of anilines is 2. The number of fused-ring (bicyclic) bond motifs is 2. The lowest BCUT2D eigenvalue weighted by Gasteiger charge is -2.23. The molecule has 0 unspecified atom stereocenters. The lowest BCUT2D eigenvalue weighted by Crippen LogP contribution is -2.28. The number of rotatable bonds is 5. The molecule has 35 heavy (non-hydrogen) atoms. The Morgan fingerprint density at radius 1 is 1.11 bits per heavy atom. The molecule has 2 aliphatic rings. The first-order valence-corrected chi connectivity index (χ1v) is 12.0. The Kier molecular flexibility index (Phi) is 5.20. The number of carbonyl (C=O) groups excluding carboxylic acids is 1. The molecule has 1 fully saturated rings. The van der Waals surface area contributed by atoms with Gasteiger partial charge in [-0.1, -0.05) is 35.9 Å². The first kappa shape index (κ1) is 22.0. The maximum Gasteiger partial charge on any atom is 0.491 e. The van der Waals surface area contributed by atoms with Crippen LogP contribution in [0.5, 0.6) is 0 Å². The SMILES string of the molecule is CNC(=O)c1c(-c2ccc(C)cc2)oc2cc(N(C)c3ccc4c(c3)COB4O)c(C3CC3)cc12. The van der Waals surface area contributed by atoms with E-state index in [-0.39, 0.29) is 5.91 Å². The van der Waals surface area contributed by atoms with Gasteiger partial charge in [0, 0.05) is 42.5 Å². The lowest BCUT2D eigenvalue weighted by molar-refractivity contribution is 0.0964. The molecule has 1 amide bonds. The largest absolute Gasteiger partial charge is 0.491 e. The average molecular weight is 466 g/mol. The first-order valence-electron chi connectivity index (χ1n) is 12.0. The molecule has 1 aliphatic heterocycles. The van der Waals surface area contributed by atoms with E-state index in [1.54, 1.807) is 7.05 Å². The van der Waals surface area contributed by atoms with Crippen LogP contribution >= 0.6 is 0 Å². The predicted molar refractivity (Wildman–Crippen MR) is 139 cm³/mol. The quantitative estimate of drug-likeness (QED) is 0.420. The Labute approximate surface area is 204 Å². The smallest absolute Gasteiger partial charge is 0.455 e. The summed E-state index contributed by atoms with van der Waals surface area (Å²) in [5.41, 5.74) is 8.41. The van der Waals surface area contributed by atoms with E-state index in [2.05, 4.69) is 28.4 Å². The number of hydrogen-bond donors (Lipinski definition) is 2.